The molecule has 1 saturated carbocycles. The minimum atomic E-state index is -0.308. The number of ether oxygens (including phenoxy) is 1. The van der Waals surface area contributed by atoms with E-state index >= 15 is 0 Å². The quantitative estimate of drug-likeness (QED) is 0.749. The summed E-state index contributed by atoms with van der Waals surface area (Å²) < 4.78 is 5.76. The minimum Gasteiger partial charge on any atom is -0.376 e. The van der Waals surface area contributed by atoms with Crippen molar-refractivity contribution >= 4 is 6.29 Å². The summed E-state index contributed by atoms with van der Waals surface area (Å²) in [6.07, 6.45) is 1.99. The molecule has 3 rings (SSSR count). The first-order valence-corrected chi connectivity index (χ1v) is 6.99. The van der Waals surface area contributed by atoms with Crippen LogP contribution in [-0.2, 0) is 21.6 Å². The molecule has 2 aromatic rings. The SMILES string of the molecule is O=C[C@]1(c2ccccc2)C[C@H]1COCc1ccccc1. The van der Waals surface area contributed by atoms with Gasteiger partial charge in [-0.15, -0.1) is 0 Å². The maximum atomic E-state index is 11.5. The molecule has 0 aromatic heterocycles. The second-order valence-corrected chi connectivity index (χ2v) is 5.43. The van der Waals surface area contributed by atoms with Gasteiger partial charge in [0.25, 0.3) is 0 Å². The molecule has 1 aliphatic rings. The van der Waals surface area contributed by atoms with Crippen molar-refractivity contribution in [1.29, 1.82) is 0 Å². The van der Waals surface area contributed by atoms with Gasteiger partial charge in [-0.05, 0) is 23.5 Å². The van der Waals surface area contributed by atoms with Crippen LogP contribution in [0.4, 0.5) is 0 Å². The van der Waals surface area contributed by atoms with Gasteiger partial charge in [-0.1, -0.05) is 60.7 Å². The Morgan fingerprint density at radius 1 is 1.05 bits per heavy atom. The molecule has 2 aromatic carbocycles. The molecule has 2 atom stereocenters. The third-order valence-corrected chi connectivity index (χ3v) is 4.10. The molecule has 0 saturated heterocycles. The van der Waals surface area contributed by atoms with Crippen molar-refractivity contribution in [3.05, 3.63) is 71.8 Å². The number of benzene rings is 2. The summed E-state index contributed by atoms with van der Waals surface area (Å²) in [6, 6.07) is 20.1. The van der Waals surface area contributed by atoms with Gasteiger partial charge in [0, 0.05) is 0 Å². The molecule has 0 aliphatic heterocycles. The highest BCUT2D eigenvalue weighted by Crippen LogP contribution is 2.52. The molecule has 1 fully saturated rings. The van der Waals surface area contributed by atoms with Gasteiger partial charge in [0.2, 0.25) is 0 Å². The standard InChI is InChI=1S/C18H18O2/c19-14-18(16-9-5-2-6-10-16)11-17(18)13-20-12-15-7-3-1-4-8-15/h1-10,14,17H,11-13H2/t17-,18-/m0/s1. The van der Waals surface area contributed by atoms with Crippen molar-refractivity contribution < 1.29 is 9.53 Å². The number of rotatable bonds is 6. The summed E-state index contributed by atoms with van der Waals surface area (Å²) in [5, 5.41) is 0. The van der Waals surface area contributed by atoms with Gasteiger partial charge in [-0.3, -0.25) is 0 Å². The molecule has 0 spiro atoms. The molecule has 1 aliphatic carbocycles. The third kappa shape index (κ3) is 2.52. The lowest BCUT2D eigenvalue weighted by Gasteiger charge is -2.11. The van der Waals surface area contributed by atoms with E-state index in [4.69, 9.17) is 4.74 Å². The second kappa shape index (κ2) is 5.59. The van der Waals surface area contributed by atoms with E-state index in [1.807, 2.05) is 48.5 Å². The Kier molecular flexibility index (Phi) is 3.66. The molecular weight excluding hydrogens is 248 g/mol. The molecule has 2 nitrogen and oxygen atoms in total. The van der Waals surface area contributed by atoms with Crippen LogP contribution in [0, 0.1) is 5.92 Å². The van der Waals surface area contributed by atoms with Crippen LogP contribution in [0.1, 0.15) is 17.5 Å². The van der Waals surface area contributed by atoms with Crippen molar-refractivity contribution in [1.82, 2.24) is 0 Å². The van der Waals surface area contributed by atoms with E-state index in [9.17, 15) is 4.79 Å². The molecule has 2 heteroatoms. The maximum absolute atomic E-state index is 11.5. The zero-order chi connectivity index (χ0) is 13.8. The van der Waals surface area contributed by atoms with E-state index in [1.165, 1.54) is 5.56 Å². The van der Waals surface area contributed by atoms with Gasteiger partial charge in [0.1, 0.15) is 6.29 Å². The van der Waals surface area contributed by atoms with Gasteiger partial charge >= 0.3 is 0 Å². The van der Waals surface area contributed by atoms with Gasteiger partial charge < -0.3 is 9.53 Å². The van der Waals surface area contributed by atoms with E-state index in [0.717, 1.165) is 18.3 Å². The van der Waals surface area contributed by atoms with Crippen molar-refractivity contribution in [2.24, 2.45) is 5.92 Å². The average Bonchev–Trinajstić information content (AvgIpc) is 3.24. The Labute approximate surface area is 119 Å². The van der Waals surface area contributed by atoms with Crippen molar-refractivity contribution in [3.63, 3.8) is 0 Å². The Morgan fingerprint density at radius 2 is 1.70 bits per heavy atom. The maximum Gasteiger partial charge on any atom is 0.130 e. The van der Waals surface area contributed by atoms with Gasteiger partial charge in [-0.2, -0.15) is 0 Å². The number of carbonyl (C=O) groups is 1. The lowest BCUT2D eigenvalue weighted by Crippen LogP contribution is -2.14. The van der Waals surface area contributed by atoms with Gasteiger partial charge in [-0.25, -0.2) is 0 Å². The smallest absolute Gasteiger partial charge is 0.130 e. The van der Waals surface area contributed by atoms with E-state index < -0.39 is 0 Å². The molecule has 0 bridgehead atoms. The molecule has 0 amide bonds. The van der Waals surface area contributed by atoms with E-state index in [0.29, 0.717) is 19.1 Å². The monoisotopic (exact) mass is 266 g/mol. The predicted molar refractivity (Wildman–Crippen MR) is 78.4 cm³/mol. The molecule has 0 heterocycles. The molecule has 0 unspecified atom stereocenters. The lowest BCUT2D eigenvalue weighted by atomic mass is 9.95. The molecule has 0 radical (unpaired) electrons. The third-order valence-electron chi connectivity index (χ3n) is 4.10. The van der Waals surface area contributed by atoms with Crippen LogP contribution in [0.5, 0.6) is 0 Å². The van der Waals surface area contributed by atoms with Crippen molar-refractivity contribution in [3.8, 4) is 0 Å². The van der Waals surface area contributed by atoms with Crippen LogP contribution in [0.2, 0.25) is 0 Å². The average molecular weight is 266 g/mol. The number of hydrogen-bond acceptors (Lipinski definition) is 2. The minimum absolute atomic E-state index is 0.308. The number of carbonyl (C=O) groups excluding carboxylic acids is 1. The largest absolute Gasteiger partial charge is 0.376 e. The van der Waals surface area contributed by atoms with Crippen LogP contribution in [0.15, 0.2) is 60.7 Å². The topological polar surface area (TPSA) is 26.3 Å². The summed E-state index contributed by atoms with van der Waals surface area (Å²) in [5.41, 5.74) is 1.98. The first-order valence-electron chi connectivity index (χ1n) is 6.99. The molecule has 20 heavy (non-hydrogen) atoms. The summed E-state index contributed by atoms with van der Waals surface area (Å²) in [5.74, 6) is 0.311. The zero-order valence-corrected chi connectivity index (χ0v) is 11.4. The van der Waals surface area contributed by atoms with Crippen LogP contribution in [0.3, 0.4) is 0 Å². The van der Waals surface area contributed by atoms with Gasteiger partial charge in [0.05, 0.1) is 18.6 Å². The van der Waals surface area contributed by atoms with Crippen LogP contribution < -0.4 is 0 Å². The number of aldehydes is 1. The fourth-order valence-corrected chi connectivity index (χ4v) is 2.76. The fourth-order valence-electron chi connectivity index (χ4n) is 2.76. The second-order valence-electron chi connectivity index (χ2n) is 5.43. The van der Waals surface area contributed by atoms with E-state index in [-0.39, 0.29) is 5.41 Å². The summed E-state index contributed by atoms with van der Waals surface area (Å²) in [7, 11) is 0. The fraction of sp³-hybridized carbons (Fsp3) is 0.278. The Morgan fingerprint density at radius 3 is 2.35 bits per heavy atom. The van der Waals surface area contributed by atoms with Gasteiger partial charge in [0.15, 0.2) is 0 Å². The van der Waals surface area contributed by atoms with Crippen molar-refractivity contribution in [2.45, 2.75) is 18.4 Å². The summed E-state index contributed by atoms with van der Waals surface area (Å²) >= 11 is 0. The van der Waals surface area contributed by atoms with Crippen LogP contribution >= 0.6 is 0 Å². The zero-order valence-electron chi connectivity index (χ0n) is 11.4. The Hall–Kier alpha value is -1.93. The normalized spacial score (nSPS) is 24.3. The first-order chi connectivity index (χ1) is 9.85. The Bertz CT molecular complexity index is 564. The highest BCUT2D eigenvalue weighted by molar-refractivity contribution is 5.74. The van der Waals surface area contributed by atoms with Crippen LogP contribution in [0.25, 0.3) is 0 Å². The summed E-state index contributed by atoms with van der Waals surface area (Å²) in [6.45, 7) is 1.25. The highest BCUT2D eigenvalue weighted by atomic mass is 16.5. The summed E-state index contributed by atoms with van der Waals surface area (Å²) in [4.78, 5) is 11.5. The van der Waals surface area contributed by atoms with E-state index in [2.05, 4.69) is 12.1 Å². The number of hydrogen-bond donors (Lipinski definition) is 0. The van der Waals surface area contributed by atoms with Crippen LogP contribution in [-0.4, -0.2) is 12.9 Å². The highest BCUT2D eigenvalue weighted by Gasteiger charge is 2.55. The molecule has 0 N–H and O–H groups in total. The molecule has 102 valence electrons. The Balaban J connectivity index is 1.57. The predicted octanol–water partition coefficient (Wildman–Crippen LogP) is 3.36. The van der Waals surface area contributed by atoms with E-state index in [1.54, 1.807) is 0 Å². The van der Waals surface area contributed by atoms with Crippen molar-refractivity contribution in [2.75, 3.05) is 6.61 Å². The first kappa shape index (κ1) is 13.1. The molecular formula is C18H18O2. The lowest BCUT2D eigenvalue weighted by molar-refractivity contribution is -0.110.